The van der Waals surface area contributed by atoms with Gasteiger partial charge >= 0.3 is 0 Å². The van der Waals surface area contributed by atoms with Crippen LogP contribution in [-0.2, 0) is 4.79 Å². The van der Waals surface area contributed by atoms with E-state index in [0.717, 1.165) is 6.42 Å². The van der Waals surface area contributed by atoms with Gasteiger partial charge in [-0.3, -0.25) is 4.79 Å². The van der Waals surface area contributed by atoms with Crippen molar-refractivity contribution in [3.8, 4) is 0 Å². The quantitative estimate of drug-likeness (QED) is 0.690. The molecule has 0 aliphatic carbocycles. The van der Waals surface area contributed by atoms with Gasteiger partial charge in [0.25, 0.3) is 0 Å². The van der Waals surface area contributed by atoms with Crippen molar-refractivity contribution >= 4 is 5.91 Å². The van der Waals surface area contributed by atoms with Crippen LogP contribution in [-0.4, -0.2) is 11.9 Å². The highest BCUT2D eigenvalue weighted by Crippen LogP contribution is 2.15. The summed E-state index contributed by atoms with van der Waals surface area (Å²) >= 11 is 0. The van der Waals surface area contributed by atoms with Crippen molar-refractivity contribution in [1.29, 1.82) is 0 Å². The summed E-state index contributed by atoms with van der Waals surface area (Å²) < 4.78 is 0. The molecule has 0 aliphatic heterocycles. The highest BCUT2D eigenvalue weighted by molar-refractivity contribution is 5.73. The van der Waals surface area contributed by atoms with Crippen LogP contribution in [0.15, 0.2) is 0 Å². The molecule has 0 radical (unpaired) electrons. The molecule has 0 bridgehead atoms. The summed E-state index contributed by atoms with van der Waals surface area (Å²) in [6.45, 7) is 10.2. The lowest BCUT2D eigenvalue weighted by Gasteiger charge is -2.27. The van der Waals surface area contributed by atoms with Gasteiger partial charge in [-0.15, -0.1) is 0 Å². The summed E-state index contributed by atoms with van der Waals surface area (Å²) in [5.74, 6) is 1.16. The van der Waals surface area contributed by atoms with Crippen LogP contribution in [0.2, 0.25) is 0 Å². The van der Waals surface area contributed by atoms with E-state index in [1.54, 1.807) is 6.92 Å². The number of hydrogen-bond donors (Lipinski definition) is 1. The summed E-state index contributed by atoms with van der Waals surface area (Å²) in [5, 5.41) is 2.99. The molecule has 2 atom stereocenters. The number of amides is 1. The first-order valence-corrected chi connectivity index (χ1v) is 4.76. The molecule has 0 aromatic carbocycles. The van der Waals surface area contributed by atoms with Crippen LogP contribution in [0.3, 0.4) is 0 Å². The first-order valence-electron chi connectivity index (χ1n) is 4.76. The molecule has 0 aliphatic rings. The molecule has 2 heteroatoms. The van der Waals surface area contributed by atoms with Crippen molar-refractivity contribution in [2.45, 2.75) is 47.1 Å². The number of carbonyl (C=O) groups excluding carboxylic acids is 1. The van der Waals surface area contributed by atoms with Crippen LogP contribution in [0.5, 0.6) is 0 Å². The van der Waals surface area contributed by atoms with Crippen LogP contribution >= 0.6 is 0 Å². The van der Waals surface area contributed by atoms with E-state index in [1.165, 1.54) is 0 Å². The smallest absolute Gasteiger partial charge is 0.217 e. The topological polar surface area (TPSA) is 29.1 Å². The summed E-state index contributed by atoms with van der Waals surface area (Å²) in [7, 11) is 0. The first-order chi connectivity index (χ1) is 5.49. The fourth-order valence-corrected chi connectivity index (χ4v) is 1.45. The van der Waals surface area contributed by atoms with E-state index in [2.05, 4.69) is 33.0 Å². The van der Waals surface area contributed by atoms with Crippen molar-refractivity contribution in [2.24, 2.45) is 11.8 Å². The van der Waals surface area contributed by atoms with Gasteiger partial charge in [-0.05, 0) is 11.8 Å². The Bertz CT molecular complexity index is 143. The fourth-order valence-electron chi connectivity index (χ4n) is 1.45. The third-order valence-electron chi connectivity index (χ3n) is 2.35. The third-order valence-corrected chi connectivity index (χ3v) is 2.35. The SMILES string of the molecule is CC[C@@H](C)[C@@H](NC(C)=O)C(C)C. The summed E-state index contributed by atoms with van der Waals surface area (Å²) in [5.41, 5.74) is 0. The molecule has 0 heterocycles. The third kappa shape index (κ3) is 3.74. The largest absolute Gasteiger partial charge is 0.353 e. The molecule has 1 amide bonds. The van der Waals surface area contributed by atoms with Gasteiger partial charge in [0, 0.05) is 13.0 Å². The molecular weight excluding hydrogens is 150 g/mol. The van der Waals surface area contributed by atoms with Gasteiger partial charge in [0.1, 0.15) is 0 Å². The second-order valence-corrected chi connectivity index (χ2v) is 3.86. The lowest BCUT2D eigenvalue weighted by atomic mass is 9.90. The standard InChI is InChI=1S/C10H21NO/c1-6-8(4)10(7(2)3)11-9(5)12/h7-8,10H,6H2,1-5H3,(H,11,12)/t8-,10+/m1/s1. The molecule has 1 N–H and O–H groups in total. The molecule has 0 aromatic rings. The lowest BCUT2D eigenvalue weighted by molar-refractivity contribution is -0.120. The van der Waals surface area contributed by atoms with Crippen molar-refractivity contribution < 1.29 is 4.79 Å². The van der Waals surface area contributed by atoms with E-state index < -0.39 is 0 Å². The zero-order valence-corrected chi connectivity index (χ0v) is 8.85. The maximum atomic E-state index is 10.9. The molecule has 2 nitrogen and oxygen atoms in total. The first kappa shape index (κ1) is 11.5. The maximum absolute atomic E-state index is 10.9. The van der Waals surface area contributed by atoms with Crippen molar-refractivity contribution in [1.82, 2.24) is 5.32 Å². The minimum Gasteiger partial charge on any atom is -0.353 e. The Morgan fingerprint density at radius 2 is 1.83 bits per heavy atom. The van der Waals surface area contributed by atoms with Gasteiger partial charge in [0.05, 0.1) is 0 Å². The van der Waals surface area contributed by atoms with E-state index >= 15 is 0 Å². The molecule has 72 valence electrons. The maximum Gasteiger partial charge on any atom is 0.217 e. The molecule has 12 heavy (non-hydrogen) atoms. The molecule has 0 fully saturated rings. The van der Waals surface area contributed by atoms with Crippen LogP contribution in [0.4, 0.5) is 0 Å². The Kier molecular flexibility index (Phi) is 4.95. The van der Waals surface area contributed by atoms with E-state index in [1.807, 2.05) is 0 Å². The van der Waals surface area contributed by atoms with Crippen LogP contribution in [0, 0.1) is 11.8 Å². The normalized spacial score (nSPS) is 15.8. The van der Waals surface area contributed by atoms with E-state index in [0.29, 0.717) is 17.9 Å². The molecule has 0 saturated heterocycles. The zero-order chi connectivity index (χ0) is 9.72. The fraction of sp³-hybridized carbons (Fsp3) is 0.900. The predicted octanol–water partition coefficient (Wildman–Crippen LogP) is 2.19. The Morgan fingerprint density at radius 1 is 1.33 bits per heavy atom. The second-order valence-electron chi connectivity index (χ2n) is 3.86. The van der Waals surface area contributed by atoms with E-state index in [9.17, 15) is 4.79 Å². The number of hydrogen-bond acceptors (Lipinski definition) is 1. The average Bonchev–Trinajstić information content (AvgIpc) is 1.98. The molecule has 0 saturated carbocycles. The van der Waals surface area contributed by atoms with Gasteiger partial charge in [0.2, 0.25) is 5.91 Å². The molecular formula is C10H21NO. The Hall–Kier alpha value is -0.530. The van der Waals surface area contributed by atoms with Gasteiger partial charge in [-0.25, -0.2) is 0 Å². The van der Waals surface area contributed by atoms with Gasteiger partial charge in [-0.1, -0.05) is 34.1 Å². The number of nitrogens with one attached hydrogen (secondary N) is 1. The van der Waals surface area contributed by atoms with Crippen molar-refractivity contribution in [3.05, 3.63) is 0 Å². The van der Waals surface area contributed by atoms with Crippen molar-refractivity contribution in [2.75, 3.05) is 0 Å². The monoisotopic (exact) mass is 171 g/mol. The Morgan fingerprint density at radius 3 is 2.08 bits per heavy atom. The van der Waals surface area contributed by atoms with Crippen LogP contribution in [0.1, 0.15) is 41.0 Å². The van der Waals surface area contributed by atoms with E-state index in [4.69, 9.17) is 0 Å². The van der Waals surface area contributed by atoms with Gasteiger partial charge in [0.15, 0.2) is 0 Å². The zero-order valence-electron chi connectivity index (χ0n) is 8.85. The van der Waals surface area contributed by atoms with Gasteiger partial charge < -0.3 is 5.32 Å². The Balaban J connectivity index is 4.12. The lowest BCUT2D eigenvalue weighted by Crippen LogP contribution is -2.41. The Labute approximate surface area is 75.7 Å². The summed E-state index contributed by atoms with van der Waals surface area (Å²) in [4.78, 5) is 10.9. The predicted molar refractivity (Wildman–Crippen MR) is 51.9 cm³/mol. The van der Waals surface area contributed by atoms with Crippen molar-refractivity contribution in [3.63, 3.8) is 0 Å². The van der Waals surface area contributed by atoms with Crippen LogP contribution in [0.25, 0.3) is 0 Å². The average molecular weight is 171 g/mol. The molecule has 0 rings (SSSR count). The highest BCUT2D eigenvalue weighted by atomic mass is 16.1. The summed E-state index contributed by atoms with van der Waals surface area (Å²) in [6.07, 6.45) is 1.11. The second kappa shape index (κ2) is 5.18. The van der Waals surface area contributed by atoms with Crippen LogP contribution < -0.4 is 5.32 Å². The highest BCUT2D eigenvalue weighted by Gasteiger charge is 2.19. The van der Waals surface area contributed by atoms with Gasteiger partial charge in [-0.2, -0.15) is 0 Å². The number of rotatable bonds is 4. The minimum atomic E-state index is 0.0778. The molecule has 0 unspecified atom stereocenters. The van der Waals surface area contributed by atoms with E-state index in [-0.39, 0.29) is 5.91 Å². The molecule has 0 spiro atoms. The summed E-state index contributed by atoms with van der Waals surface area (Å²) in [6, 6.07) is 0.326. The minimum absolute atomic E-state index is 0.0778. The number of carbonyl (C=O) groups is 1. The molecule has 0 aromatic heterocycles.